The van der Waals surface area contributed by atoms with Gasteiger partial charge in [0.25, 0.3) is 0 Å². The molecule has 1 N–H and O–H groups in total. The first-order chi connectivity index (χ1) is 13.2. The van der Waals surface area contributed by atoms with Crippen molar-refractivity contribution in [2.24, 2.45) is 0 Å². The Hall–Kier alpha value is -2.15. The first-order valence-corrected chi connectivity index (χ1v) is 11.0. The summed E-state index contributed by atoms with van der Waals surface area (Å²) in [6.45, 7) is 4.94. The fourth-order valence-electron chi connectivity index (χ4n) is 3.35. The van der Waals surface area contributed by atoms with Gasteiger partial charge in [0.05, 0.1) is 13.2 Å². The van der Waals surface area contributed by atoms with E-state index >= 15 is 0 Å². The highest BCUT2D eigenvalue weighted by atomic mass is 31.1. The smallest absolute Gasteiger partial charge is 0.125 e. The van der Waals surface area contributed by atoms with Crippen LogP contribution in [0.4, 0.5) is 0 Å². The topological polar surface area (TPSA) is 29.5 Å². The van der Waals surface area contributed by atoms with Crippen molar-refractivity contribution < 1.29 is 9.84 Å². The van der Waals surface area contributed by atoms with Gasteiger partial charge in [-0.05, 0) is 54.6 Å². The number of aliphatic hydroxyl groups excluding tert-OH is 1. The van der Waals surface area contributed by atoms with Crippen LogP contribution in [0, 0.1) is 6.92 Å². The molecule has 0 saturated carbocycles. The van der Waals surface area contributed by atoms with Crippen molar-refractivity contribution in [1.82, 2.24) is 0 Å². The van der Waals surface area contributed by atoms with E-state index in [4.69, 9.17) is 4.74 Å². The molecular weight excluding hydrogens is 351 g/mol. The first-order valence-electron chi connectivity index (χ1n) is 9.46. The molecule has 3 aromatic rings. The third-order valence-electron chi connectivity index (χ3n) is 4.67. The Labute approximate surface area is 163 Å². The van der Waals surface area contributed by atoms with E-state index in [0.29, 0.717) is 6.61 Å². The van der Waals surface area contributed by atoms with Gasteiger partial charge in [-0.3, -0.25) is 0 Å². The highest BCUT2D eigenvalue weighted by molar-refractivity contribution is 7.73. The Balaban J connectivity index is 1.77. The van der Waals surface area contributed by atoms with Gasteiger partial charge in [-0.2, -0.15) is 0 Å². The molecule has 0 amide bonds. The minimum absolute atomic E-state index is 0.0709. The molecule has 0 atom stereocenters. The molecule has 3 aromatic carbocycles. The van der Waals surface area contributed by atoms with E-state index in [2.05, 4.69) is 80.6 Å². The normalized spacial score (nSPS) is 11.0. The number of benzene rings is 3. The molecule has 0 bridgehead atoms. The maximum Gasteiger partial charge on any atom is 0.125 e. The van der Waals surface area contributed by atoms with E-state index in [-0.39, 0.29) is 6.61 Å². The second-order valence-electron chi connectivity index (χ2n) is 6.58. The van der Waals surface area contributed by atoms with Crippen molar-refractivity contribution in [3.05, 3.63) is 89.5 Å². The van der Waals surface area contributed by atoms with E-state index in [0.717, 1.165) is 29.5 Å². The Morgan fingerprint density at radius 1 is 0.889 bits per heavy atom. The van der Waals surface area contributed by atoms with Gasteiger partial charge in [0.15, 0.2) is 0 Å². The highest BCUT2D eigenvalue weighted by Gasteiger charge is 2.15. The van der Waals surface area contributed by atoms with Gasteiger partial charge in [-0.25, -0.2) is 0 Å². The largest absolute Gasteiger partial charge is 0.493 e. The SMILES string of the molecule is CCc1cc(CO)cc(C)c1OCCP(c1ccccc1)c1ccccc1. The van der Waals surface area contributed by atoms with E-state index < -0.39 is 7.92 Å². The summed E-state index contributed by atoms with van der Waals surface area (Å²) in [5.74, 6) is 0.978. The molecular formula is C24H27O2P. The number of hydrogen-bond acceptors (Lipinski definition) is 2. The Morgan fingerprint density at radius 2 is 1.48 bits per heavy atom. The maximum absolute atomic E-state index is 9.44. The second-order valence-corrected chi connectivity index (χ2v) is 8.92. The van der Waals surface area contributed by atoms with E-state index in [1.165, 1.54) is 16.2 Å². The second kappa shape index (κ2) is 9.69. The number of aryl methyl sites for hydroxylation is 2. The first kappa shape index (κ1) is 19.6. The van der Waals surface area contributed by atoms with Gasteiger partial charge in [0, 0.05) is 6.16 Å². The van der Waals surface area contributed by atoms with Gasteiger partial charge < -0.3 is 9.84 Å². The summed E-state index contributed by atoms with van der Waals surface area (Å²) in [4.78, 5) is 0. The highest BCUT2D eigenvalue weighted by Crippen LogP contribution is 2.34. The molecule has 0 heterocycles. The molecule has 27 heavy (non-hydrogen) atoms. The minimum Gasteiger partial charge on any atom is -0.493 e. The lowest BCUT2D eigenvalue weighted by atomic mass is 10.0. The van der Waals surface area contributed by atoms with Crippen LogP contribution in [0.15, 0.2) is 72.8 Å². The predicted molar refractivity (Wildman–Crippen MR) is 116 cm³/mol. The monoisotopic (exact) mass is 378 g/mol. The minimum atomic E-state index is -0.445. The average molecular weight is 378 g/mol. The average Bonchev–Trinajstić information content (AvgIpc) is 2.73. The summed E-state index contributed by atoms with van der Waals surface area (Å²) >= 11 is 0. The molecule has 0 aliphatic rings. The van der Waals surface area contributed by atoms with Crippen molar-refractivity contribution >= 4 is 18.5 Å². The summed E-state index contributed by atoms with van der Waals surface area (Å²) in [5.41, 5.74) is 3.22. The fourth-order valence-corrected chi connectivity index (χ4v) is 5.50. The van der Waals surface area contributed by atoms with E-state index in [1.807, 2.05) is 6.07 Å². The van der Waals surface area contributed by atoms with Crippen molar-refractivity contribution in [1.29, 1.82) is 0 Å². The molecule has 0 saturated heterocycles. The number of ether oxygens (including phenoxy) is 1. The molecule has 3 rings (SSSR count). The van der Waals surface area contributed by atoms with Gasteiger partial charge in [-0.15, -0.1) is 0 Å². The Kier molecular flexibility index (Phi) is 7.04. The lowest BCUT2D eigenvalue weighted by molar-refractivity contribution is 0.281. The van der Waals surface area contributed by atoms with Crippen LogP contribution < -0.4 is 15.3 Å². The molecule has 0 spiro atoms. The molecule has 140 valence electrons. The third-order valence-corrected chi connectivity index (χ3v) is 7.14. The molecule has 0 aliphatic heterocycles. The van der Waals surface area contributed by atoms with Crippen LogP contribution >= 0.6 is 7.92 Å². The number of rotatable bonds is 8. The molecule has 3 heteroatoms. The van der Waals surface area contributed by atoms with Crippen LogP contribution in [0.3, 0.4) is 0 Å². The van der Waals surface area contributed by atoms with Crippen molar-refractivity contribution in [3.8, 4) is 5.75 Å². The zero-order valence-corrected chi connectivity index (χ0v) is 17.0. The zero-order chi connectivity index (χ0) is 19.1. The fraction of sp³-hybridized carbons (Fsp3) is 0.250. The van der Waals surface area contributed by atoms with Crippen molar-refractivity contribution in [2.75, 3.05) is 12.8 Å². The van der Waals surface area contributed by atoms with E-state index in [9.17, 15) is 5.11 Å². The Morgan fingerprint density at radius 3 is 2.00 bits per heavy atom. The van der Waals surface area contributed by atoms with Crippen LogP contribution in [-0.2, 0) is 13.0 Å². The Bertz CT molecular complexity index is 808. The van der Waals surface area contributed by atoms with Gasteiger partial charge >= 0.3 is 0 Å². The summed E-state index contributed by atoms with van der Waals surface area (Å²) in [6, 6.07) is 25.5. The number of aliphatic hydroxyl groups is 1. The van der Waals surface area contributed by atoms with Crippen LogP contribution in [0.2, 0.25) is 0 Å². The van der Waals surface area contributed by atoms with Crippen molar-refractivity contribution in [3.63, 3.8) is 0 Å². The maximum atomic E-state index is 9.44. The van der Waals surface area contributed by atoms with Crippen LogP contribution in [0.25, 0.3) is 0 Å². The standard InChI is InChI=1S/C24H27O2P/c1-3-21-17-20(18-25)16-19(2)24(21)26-14-15-27(22-10-6-4-7-11-22)23-12-8-5-9-13-23/h4-13,16-17,25H,3,14-15,18H2,1-2H3. The van der Waals surface area contributed by atoms with Gasteiger partial charge in [0.2, 0.25) is 0 Å². The lowest BCUT2D eigenvalue weighted by Gasteiger charge is -2.20. The quantitative estimate of drug-likeness (QED) is 0.582. The third kappa shape index (κ3) is 4.97. The van der Waals surface area contributed by atoms with Crippen LogP contribution in [0.5, 0.6) is 5.75 Å². The molecule has 0 aromatic heterocycles. The van der Waals surface area contributed by atoms with Gasteiger partial charge in [-0.1, -0.05) is 73.7 Å². The zero-order valence-electron chi connectivity index (χ0n) is 16.1. The molecule has 0 aliphatic carbocycles. The summed E-state index contributed by atoms with van der Waals surface area (Å²) in [6.07, 6.45) is 1.88. The van der Waals surface area contributed by atoms with Crippen LogP contribution in [0.1, 0.15) is 23.6 Å². The van der Waals surface area contributed by atoms with Crippen molar-refractivity contribution in [2.45, 2.75) is 26.9 Å². The van der Waals surface area contributed by atoms with Crippen LogP contribution in [-0.4, -0.2) is 17.9 Å². The molecule has 0 fully saturated rings. The summed E-state index contributed by atoms with van der Waals surface area (Å²) < 4.78 is 6.27. The predicted octanol–water partition coefficient (Wildman–Crippen LogP) is 4.56. The molecule has 0 radical (unpaired) electrons. The van der Waals surface area contributed by atoms with Gasteiger partial charge in [0.1, 0.15) is 5.75 Å². The summed E-state index contributed by atoms with van der Waals surface area (Å²) in [7, 11) is -0.445. The number of hydrogen-bond donors (Lipinski definition) is 1. The molecule has 2 nitrogen and oxygen atoms in total. The summed E-state index contributed by atoms with van der Waals surface area (Å²) in [5, 5.41) is 12.2. The lowest BCUT2D eigenvalue weighted by Crippen LogP contribution is -2.17. The molecule has 0 unspecified atom stereocenters. The van der Waals surface area contributed by atoms with E-state index in [1.54, 1.807) is 0 Å².